The summed E-state index contributed by atoms with van der Waals surface area (Å²) in [5.74, 6) is 1.14. The number of pyridine rings is 3. The van der Waals surface area contributed by atoms with Crippen LogP contribution in [0.2, 0.25) is 0 Å². The van der Waals surface area contributed by atoms with E-state index in [0.717, 1.165) is 38.5 Å². The Labute approximate surface area is 233 Å². The predicted octanol–water partition coefficient (Wildman–Crippen LogP) is 6.23. The third-order valence-corrected chi connectivity index (χ3v) is 6.56. The van der Waals surface area contributed by atoms with E-state index in [9.17, 15) is 18.0 Å². The Bertz CT molecular complexity index is 1780. The van der Waals surface area contributed by atoms with Crippen molar-refractivity contribution >= 4 is 10.9 Å². The maximum atomic E-state index is 13.3. The SMILES string of the molecule is Cc1cc(-c2[nH]ncc2OC(C)C)c2cccc(OCc3c(C)ccnc3Cn3cccc(C(F)(F)F)c3=O)c2n1. The summed E-state index contributed by atoms with van der Waals surface area (Å²) in [6.07, 6.45) is -0.272. The number of benzene rings is 1. The molecule has 1 N–H and O–H groups in total. The molecule has 0 aliphatic carbocycles. The fraction of sp³-hybridized carbons (Fsp3) is 0.267. The van der Waals surface area contributed by atoms with E-state index in [1.807, 2.05) is 45.9 Å². The molecule has 5 aromatic rings. The predicted molar refractivity (Wildman–Crippen MR) is 148 cm³/mol. The monoisotopic (exact) mass is 563 g/mol. The number of ether oxygens (including phenoxy) is 2. The minimum Gasteiger partial charge on any atom is -0.487 e. The highest BCUT2D eigenvalue weighted by molar-refractivity contribution is 5.97. The minimum absolute atomic E-state index is 0.0387. The van der Waals surface area contributed by atoms with Crippen LogP contribution in [-0.2, 0) is 19.3 Å². The van der Waals surface area contributed by atoms with Crippen molar-refractivity contribution in [1.82, 2.24) is 24.7 Å². The van der Waals surface area contributed by atoms with Crippen molar-refractivity contribution in [2.24, 2.45) is 0 Å². The summed E-state index contributed by atoms with van der Waals surface area (Å²) in [5.41, 5.74) is 2.55. The van der Waals surface area contributed by atoms with Crippen LogP contribution >= 0.6 is 0 Å². The summed E-state index contributed by atoms with van der Waals surface area (Å²) < 4.78 is 53.1. The van der Waals surface area contributed by atoms with Gasteiger partial charge in [0.2, 0.25) is 0 Å². The molecule has 1 aromatic carbocycles. The molecule has 8 nitrogen and oxygen atoms in total. The standard InChI is InChI=1S/C30H28F3N5O3/c1-17(2)41-26-14-35-37-28(26)21-13-19(4)36-27-20(21)7-5-9-25(27)40-16-22-18(3)10-11-34-24(22)15-38-12-6-8-23(29(38)39)30(31,32)33/h5-14,17H,15-16H2,1-4H3,(H,35,37). The largest absolute Gasteiger partial charge is 0.487 e. The van der Waals surface area contributed by atoms with E-state index in [1.54, 1.807) is 24.5 Å². The second-order valence-corrected chi connectivity index (χ2v) is 9.93. The van der Waals surface area contributed by atoms with Gasteiger partial charge in [-0.25, -0.2) is 4.98 Å². The number of aryl methyl sites for hydroxylation is 2. The molecule has 0 aliphatic heterocycles. The van der Waals surface area contributed by atoms with Gasteiger partial charge in [-0.1, -0.05) is 12.1 Å². The number of rotatable bonds is 8. The van der Waals surface area contributed by atoms with Gasteiger partial charge in [0.05, 0.1) is 24.5 Å². The number of para-hydroxylation sites is 1. The number of H-pyrrole nitrogens is 1. The third kappa shape index (κ3) is 5.79. The third-order valence-electron chi connectivity index (χ3n) is 6.56. The second-order valence-electron chi connectivity index (χ2n) is 9.93. The first kappa shape index (κ1) is 27.9. The minimum atomic E-state index is -4.75. The Balaban J connectivity index is 1.49. The topological polar surface area (TPSA) is 94.9 Å². The number of alkyl halides is 3. The Morgan fingerprint density at radius 1 is 1.07 bits per heavy atom. The van der Waals surface area contributed by atoms with Gasteiger partial charge >= 0.3 is 6.18 Å². The average molecular weight is 564 g/mol. The molecular weight excluding hydrogens is 535 g/mol. The van der Waals surface area contributed by atoms with Gasteiger partial charge in [0.25, 0.3) is 5.56 Å². The number of aromatic amines is 1. The van der Waals surface area contributed by atoms with Gasteiger partial charge in [0.1, 0.15) is 29.1 Å². The van der Waals surface area contributed by atoms with E-state index in [0.29, 0.717) is 28.3 Å². The maximum absolute atomic E-state index is 13.3. The summed E-state index contributed by atoms with van der Waals surface area (Å²) in [4.78, 5) is 21.7. The number of fused-ring (bicyclic) bond motifs is 1. The van der Waals surface area contributed by atoms with Crippen LogP contribution < -0.4 is 15.0 Å². The summed E-state index contributed by atoms with van der Waals surface area (Å²) in [7, 11) is 0. The highest BCUT2D eigenvalue weighted by Crippen LogP contribution is 2.37. The van der Waals surface area contributed by atoms with Gasteiger partial charge in [-0.2, -0.15) is 18.3 Å². The van der Waals surface area contributed by atoms with Crippen LogP contribution in [0.15, 0.2) is 65.8 Å². The van der Waals surface area contributed by atoms with Crippen molar-refractivity contribution in [3.63, 3.8) is 0 Å². The van der Waals surface area contributed by atoms with E-state index in [-0.39, 0.29) is 19.3 Å². The van der Waals surface area contributed by atoms with Crippen LogP contribution in [-0.4, -0.2) is 30.8 Å². The number of aromatic nitrogens is 5. The highest BCUT2D eigenvalue weighted by atomic mass is 19.4. The summed E-state index contributed by atoms with van der Waals surface area (Å²) >= 11 is 0. The lowest BCUT2D eigenvalue weighted by Crippen LogP contribution is -2.29. The molecule has 0 bridgehead atoms. The van der Waals surface area contributed by atoms with Gasteiger partial charge < -0.3 is 14.0 Å². The zero-order valence-corrected chi connectivity index (χ0v) is 22.9. The lowest BCUT2D eigenvalue weighted by atomic mass is 10.0. The van der Waals surface area contributed by atoms with Crippen LogP contribution in [0.4, 0.5) is 13.2 Å². The van der Waals surface area contributed by atoms with Crippen LogP contribution in [0.3, 0.4) is 0 Å². The quantitative estimate of drug-likeness (QED) is 0.241. The molecule has 11 heteroatoms. The van der Waals surface area contributed by atoms with Crippen LogP contribution in [0, 0.1) is 13.8 Å². The number of halogens is 3. The zero-order valence-electron chi connectivity index (χ0n) is 22.9. The molecule has 0 saturated heterocycles. The first-order valence-electron chi connectivity index (χ1n) is 13.0. The molecule has 0 saturated carbocycles. The fourth-order valence-electron chi connectivity index (χ4n) is 4.65. The molecule has 0 amide bonds. The number of nitrogens with zero attached hydrogens (tertiary/aromatic N) is 4. The van der Waals surface area contributed by atoms with Gasteiger partial charge in [-0.3, -0.25) is 14.9 Å². The second kappa shape index (κ2) is 11.1. The first-order chi connectivity index (χ1) is 19.5. The Morgan fingerprint density at radius 3 is 2.63 bits per heavy atom. The summed E-state index contributed by atoms with van der Waals surface area (Å²) in [6, 6.07) is 11.3. The zero-order chi connectivity index (χ0) is 29.3. The first-order valence-corrected chi connectivity index (χ1v) is 13.0. The molecule has 212 valence electrons. The molecule has 5 rings (SSSR count). The fourth-order valence-corrected chi connectivity index (χ4v) is 4.65. The molecule has 0 spiro atoms. The molecule has 0 aliphatic rings. The molecule has 4 aromatic heterocycles. The maximum Gasteiger partial charge on any atom is 0.421 e. The van der Waals surface area contributed by atoms with Crippen LogP contribution in [0.1, 0.15) is 41.9 Å². The van der Waals surface area contributed by atoms with Crippen molar-refractivity contribution in [3.05, 3.63) is 99.5 Å². The number of hydrogen-bond acceptors (Lipinski definition) is 6. The number of hydrogen-bond donors (Lipinski definition) is 1. The van der Waals surface area contributed by atoms with Gasteiger partial charge in [0, 0.05) is 34.6 Å². The van der Waals surface area contributed by atoms with E-state index < -0.39 is 17.3 Å². The Hall–Kier alpha value is -4.67. The lowest BCUT2D eigenvalue weighted by Gasteiger charge is -2.16. The average Bonchev–Trinajstić information content (AvgIpc) is 3.35. The van der Waals surface area contributed by atoms with Crippen molar-refractivity contribution in [2.45, 2.75) is 53.1 Å². The van der Waals surface area contributed by atoms with E-state index in [4.69, 9.17) is 14.5 Å². The molecule has 0 fully saturated rings. The summed E-state index contributed by atoms with van der Waals surface area (Å²) in [5, 5.41) is 8.02. The van der Waals surface area contributed by atoms with Gasteiger partial charge in [-0.05, 0) is 63.6 Å². The van der Waals surface area contributed by atoms with Crippen LogP contribution in [0.5, 0.6) is 11.5 Å². The molecule has 0 unspecified atom stereocenters. The molecular formula is C30H28F3N5O3. The normalized spacial score (nSPS) is 11.8. The lowest BCUT2D eigenvalue weighted by molar-refractivity contribution is -0.138. The smallest absolute Gasteiger partial charge is 0.421 e. The van der Waals surface area contributed by atoms with Crippen molar-refractivity contribution in [1.29, 1.82) is 0 Å². The highest BCUT2D eigenvalue weighted by Gasteiger charge is 2.34. The Morgan fingerprint density at radius 2 is 1.88 bits per heavy atom. The number of nitrogens with one attached hydrogen (secondary N) is 1. The van der Waals surface area contributed by atoms with Gasteiger partial charge in [0.15, 0.2) is 5.75 Å². The van der Waals surface area contributed by atoms with Gasteiger partial charge in [-0.15, -0.1) is 0 Å². The molecule has 41 heavy (non-hydrogen) atoms. The van der Waals surface area contributed by atoms with E-state index in [1.165, 1.54) is 12.3 Å². The van der Waals surface area contributed by atoms with Crippen molar-refractivity contribution in [3.8, 4) is 22.8 Å². The van der Waals surface area contributed by atoms with Crippen molar-refractivity contribution < 1.29 is 22.6 Å². The van der Waals surface area contributed by atoms with Crippen LogP contribution in [0.25, 0.3) is 22.2 Å². The Kier molecular flexibility index (Phi) is 7.53. The van der Waals surface area contributed by atoms with Crippen molar-refractivity contribution in [2.75, 3.05) is 0 Å². The van der Waals surface area contributed by atoms with E-state index >= 15 is 0 Å². The summed E-state index contributed by atoms with van der Waals surface area (Å²) in [6.45, 7) is 7.55. The van der Waals surface area contributed by atoms with E-state index in [2.05, 4.69) is 15.2 Å². The molecule has 4 heterocycles. The molecule has 0 atom stereocenters. The molecule has 0 radical (unpaired) electrons.